The van der Waals surface area contributed by atoms with Crippen molar-refractivity contribution in [1.29, 1.82) is 0 Å². The maximum Gasteiger partial charge on any atom is 1.00 e. The van der Waals surface area contributed by atoms with E-state index in [0.29, 0.717) is 0 Å². The van der Waals surface area contributed by atoms with E-state index in [1.165, 1.54) is 0 Å². The van der Waals surface area contributed by atoms with Crippen LogP contribution in [0.25, 0.3) is 0 Å². The average molecular weight is 262 g/mol. The summed E-state index contributed by atoms with van der Waals surface area (Å²) >= 11 is 0. The van der Waals surface area contributed by atoms with E-state index in [2.05, 4.69) is 4.31 Å². The zero-order valence-corrected chi connectivity index (χ0v) is 12.7. The van der Waals surface area contributed by atoms with Crippen LogP contribution in [0.15, 0.2) is 0 Å². The van der Waals surface area contributed by atoms with Gasteiger partial charge in [-0.05, 0) is 0 Å². The van der Waals surface area contributed by atoms with Crippen LogP contribution in [0.2, 0.25) is 0 Å². The molecule has 0 heterocycles. The van der Waals surface area contributed by atoms with E-state index in [0.717, 1.165) is 0 Å². The summed E-state index contributed by atoms with van der Waals surface area (Å²) in [5.41, 5.74) is 0. The van der Waals surface area contributed by atoms with Gasteiger partial charge < -0.3 is 33.4 Å². The van der Waals surface area contributed by atoms with Gasteiger partial charge in [-0.1, -0.05) is 0 Å². The first-order valence-electron chi connectivity index (χ1n) is 1.53. The molecule has 0 aromatic heterocycles. The Morgan fingerprint density at radius 3 is 1.00 bits per heavy atom. The number of rotatable bonds is 2. The van der Waals surface area contributed by atoms with Gasteiger partial charge in [-0.2, -0.15) is 4.31 Å². The molecular formula is H10Na2O9P2. The SMILES string of the molecule is O.O.O=P(O)(O)OP(=O)(O)O.[H-].[H-].[Na+].[Na+]. The van der Waals surface area contributed by atoms with Gasteiger partial charge in [-0.25, -0.2) is 9.13 Å². The summed E-state index contributed by atoms with van der Waals surface area (Å²) in [5, 5.41) is 0. The average Bonchev–Trinajstić information content (AvgIpc) is 1.14. The quantitative estimate of drug-likeness (QED) is 0.280. The first kappa shape index (κ1) is 29.5. The van der Waals surface area contributed by atoms with Crippen LogP contribution in [0.4, 0.5) is 0 Å². The summed E-state index contributed by atoms with van der Waals surface area (Å²) < 4.78 is 22.2. The minimum absolute atomic E-state index is 0. The summed E-state index contributed by atoms with van der Waals surface area (Å²) in [6.45, 7) is 0. The van der Waals surface area contributed by atoms with Crippen LogP contribution in [0.1, 0.15) is 2.85 Å². The van der Waals surface area contributed by atoms with E-state index >= 15 is 0 Å². The van der Waals surface area contributed by atoms with Gasteiger partial charge in [0, 0.05) is 0 Å². The molecule has 0 aliphatic rings. The van der Waals surface area contributed by atoms with Crippen molar-refractivity contribution in [2.45, 2.75) is 0 Å². The Kier molecular flexibility index (Phi) is 24.2. The molecule has 0 fully saturated rings. The molecule has 0 amide bonds. The van der Waals surface area contributed by atoms with Crippen molar-refractivity contribution >= 4 is 15.6 Å². The summed E-state index contributed by atoms with van der Waals surface area (Å²) in [6.07, 6.45) is 0. The summed E-state index contributed by atoms with van der Waals surface area (Å²) in [4.78, 5) is 31.0. The van der Waals surface area contributed by atoms with Gasteiger partial charge in [0.2, 0.25) is 0 Å². The maximum absolute atomic E-state index is 9.63. The predicted molar refractivity (Wildman–Crippen MR) is 34.6 cm³/mol. The minimum Gasteiger partial charge on any atom is -1.00 e. The second kappa shape index (κ2) is 10.7. The van der Waals surface area contributed by atoms with Crippen LogP contribution >= 0.6 is 15.6 Å². The Morgan fingerprint density at radius 1 is 0.846 bits per heavy atom. The third-order valence-corrected chi connectivity index (χ3v) is 1.91. The molecule has 13 heteroatoms. The second-order valence-corrected chi connectivity index (χ2v) is 3.68. The van der Waals surface area contributed by atoms with Crippen molar-refractivity contribution in [1.82, 2.24) is 0 Å². The normalized spacial score (nSPS) is 9.54. The molecule has 0 saturated carbocycles. The van der Waals surface area contributed by atoms with Crippen LogP contribution < -0.4 is 59.1 Å². The zero-order valence-electron chi connectivity index (χ0n) is 8.91. The Hall–Kier alpha value is 2.18. The smallest absolute Gasteiger partial charge is 1.00 e. The molecule has 0 unspecified atom stereocenters. The van der Waals surface area contributed by atoms with Crippen molar-refractivity contribution in [3.05, 3.63) is 0 Å². The standard InChI is InChI=1S/2Na.H4O7P2.2H2O.2H/c;;1-8(2,3)7-9(4,5)6;;;;/h;;(H2,1,2,3)(H2,4,5,6);2*1H2;;/q2*+1;;;;2*-1. The fraction of sp³-hybridized carbons (Fsp3) is 0. The van der Waals surface area contributed by atoms with Crippen molar-refractivity contribution < 1.29 is 106 Å². The van der Waals surface area contributed by atoms with Crippen molar-refractivity contribution in [2.75, 3.05) is 0 Å². The Balaban J connectivity index is -0.0000000213. The van der Waals surface area contributed by atoms with Crippen molar-refractivity contribution in [3.8, 4) is 0 Å². The molecule has 0 bridgehead atoms. The molecule has 0 aromatic rings. The molecular weight excluding hydrogens is 252 g/mol. The van der Waals surface area contributed by atoms with Crippen molar-refractivity contribution in [2.24, 2.45) is 0 Å². The molecule has 0 saturated heterocycles. The molecule has 0 rings (SSSR count). The molecule has 8 N–H and O–H groups in total. The predicted octanol–water partition coefficient (Wildman–Crippen LogP) is -8.23. The van der Waals surface area contributed by atoms with E-state index in [1.54, 1.807) is 0 Å². The summed E-state index contributed by atoms with van der Waals surface area (Å²) in [5.74, 6) is 0. The zero-order chi connectivity index (χ0) is 7.71. The van der Waals surface area contributed by atoms with Crippen LogP contribution in [0, 0.1) is 0 Å². The Bertz CT molecular complexity index is 165. The van der Waals surface area contributed by atoms with Gasteiger partial charge in [0.05, 0.1) is 0 Å². The van der Waals surface area contributed by atoms with Crippen LogP contribution in [0.5, 0.6) is 0 Å². The first-order chi connectivity index (χ1) is 3.71. The topological polar surface area (TPSA) is 187 Å². The van der Waals surface area contributed by atoms with E-state index < -0.39 is 15.6 Å². The van der Waals surface area contributed by atoms with Crippen LogP contribution in [-0.4, -0.2) is 30.5 Å². The molecule has 0 radical (unpaired) electrons. The molecule has 0 aliphatic heterocycles. The molecule has 0 aromatic carbocycles. The molecule has 0 aliphatic carbocycles. The third kappa shape index (κ3) is 31.4. The first-order valence-corrected chi connectivity index (χ1v) is 4.59. The third-order valence-electron chi connectivity index (χ3n) is 0.213. The largest absolute Gasteiger partial charge is 1.00 e. The fourth-order valence-corrected chi connectivity index (χ4v) is 1.25. The molecule has 13 heavy (non-hydrogen) atoms. The van der Waals surface area contributed by atoms with Gasteiger partial charge in [0.1, 0.15) is 0 Å². The fourth-order valence-electron chi connectivity index (χ4n) is 0.139. The Morgan fingerprint density at radius 2 is 1.00 bits per heavy atom. The number of phosphoric acid groups is 2. The van der Waals surface area contributed by atoms with E-state index in [1.807, 2.05) is 0 Å². The minimum atomic E-state index is -5.05. The number of hydrogen-bond donors (Lipinski definition) is 4. The van der Waals surface area contributed by atoms with Gasteiger partial charge in [0.25, 0.3) is 0 Å². The van der Waals surface area contributed by atoms with Gasteiger partial charge in [-0.15, -0.1) is 0 Å². The van der Waals surface area contributed by atoms with E-state index in [-0.39, 0.29) is 72.9 Å². The van der Waals surface area contributed by atoms with Gasteiger partial charge >= 0.3 is 74.8 Å². The molecule has 0 spiro atoms. The van der Waals surface area contributed by atoms with E-state index in [9.17, 15) is 9.13 Å². The molecule has 9 nitrogen and oxygen atoms in total. The Labute approximate surface area is 121 Å². The van der Waals surface area contributed by atoms with E-state index in [4.69, 9.17) is 19.6 Å². The monoisotopic (exact) mass is 262 g/mol. The summed E-state index contributed by atoms with van der Waals surface area (Å²) in [6, 6.07) is 0. The number of hydrogen-bond acceptors (Lipinski definition) is 3. The maximum atomic E-state index is 9.63. The van der Waals surface area contributed by atoms with Crippen LogP contribution in [-0.2, 0) is 13.4 Å². The van der Waals surface area contributed by atoms with Crippen molar-refractivity contribution in [3.63, 3.8) is 0 Å². The summed E-state index contributed by atoms with van der Waals surface area (Å²) in [7, 11) is -10.1. The van der Waals surface area contributed by atoms with Gasteiger partial charge in [0.15, 0.2) is 0 Å². The van der Waals surface area contributed by atoms with Crippen LogP contribution in [0.3, 0.4) is 0 Å². The molecule has 0 atom stereocenters. The van der Waals surface area contributed by atoms with Gasteiger partial charge in [-0.3, -0.25) is 0 Å². The molecule has 76 valence electrons. The second-order valence-electron chi connectivity index (χ2n) is 1.06.